The van der Waals surface area contributed by atoms with E-state index in [2.05, 4.69) is 4.98 Å². The van der Waals surface area contributed by atoms with Crippen molar-refractivity contribution in [1.82, 2.24) is 4.98 Å². The Bertz CT molecular complexity index is 1330. The van der Waals surface area contributed by atoms with Gasteiger partial charge in [-0.15, -0.1) is 0 Å². The Balaban J connectivity index is 1.29. The molecule has 200 valence electrons. The van der Waals surface area contributed by atoms with E-state index in [1.807, 2.05) is 29.2 Å². The largest absolute Gasteiger partial charge is 0.497 e. The highest BCUT2D eigenvalue weighted by atomic mass is 35.5. The van der Waals surface area contributed by atoms with Crippen LogP contribution in [0.4, 0.5) is 15.9 Å². The molecule has 0 saturated carbocycles. The number of halogens is 3. The highest BCUT2D eigenvalue weighted by Crippen LogP contribution is 2.39. The predicted molar refractivity (Wildman–Crippen MR) is 145 cm³/mol. The molecule has 1 fully saturated rings. The van der Waals surface area contributed by atoms with Crippen LogP contribution in [-0.2, 0) is 17.8 Å². The van der Waals surface area contributed by atoms with Gasteiger partial charge in [0.1, 0.15) is 35.3 Å². The summed E-state index contributed by atoms with van der Waals surface area (Å²) < 4.78 is 26.4. The van der Waals surface area contributed by atoms with Crippen molar-refractivity contribution in [3.05, 3.63) is 75.7 Å². The maximum absolute atomic E-state index is 15.1. The zero-order chi connectivity index (χ0) is 26.9. The molecule has 38 heavy (non-hydrogen) atoms. The molecule has 0 unspecified atom stereocenters. The number of benzene rings is 2. The molecule has 2 aromatic carbocycles. The third kappa shape index (κ3) is 5.53. The molecule has 7 nitrogen and oxygen atoms in total. The van der Waals surface area contributed by atoms with Gasteiger partial charge in [-0.2, -0.15) is 0 Å². The third-order valence-electron chi connectivity index (χ3n) is 7.13. The number of rotatable bonds is 7. The van der Waals surface area contributed by atoms with Crippen molar-refractivity contribution in [2.75, 3.05) is 36.6 Å². The molecule has 0 radical (unpaired) electrons. The molecule has 0 spiro atoms. The summed E-state index contributed by atoms with van der Waals surface area (Å²) in [6.07, 6.45) is 3.05. The number of carbonyl (C=O) groups excluding carboxylic acids is 1. The molecule has 2 aliphatic heterocycles. The Labute approximate surface area is 230 Å². The summed E-state index contributed by atoms with van der Waals surface area (Å²) in [5, 5.41) is 12.2. The second-order valence-corrected chi connectivity index (χ2v) is 10.5. The molecule has 1 aromatic heterocycles. The van der Waals surface area contributed by atoms with Gasteiger partial charge < -0.3 is 24.4 Å². The van der Waals surface area contributed by atoms with E-state index < -0.39 is 11.4 Å². The fourth-order valence-corrected chi connectivity index (χ4v) is 5.46. The number of methoxy groups -OCH3 is 1. The number of fused-ring (bicyclic) bond motifs is 1. The highest BCUT2D eigenvalue weighted by molar-refractivity contribution is 6.36. The van der Waals surface area contributed by atoms with Crippen molar-refractivity contribution in [3.8, 4) is 11.5 Å². The van der Waals surface area contributed by atoms with Crippen molar-refractivity contribution in [1.29, 1.82) is 0 Å². The van der Waals surface area contributed by atoms with E-state index >= 15 is 4.39 Å². The molecular weight excluding hydrogens is 532 g/mol. The maximum atomic E-state index is 15.1. The van der Waals surface area contributed by atoms with Crippen LogP contribution in [0.3, 0.4) is 0 Å². The summed E-state index contributed by atoms with van der Waals surface area (Å²) in [6, 6.07) is 11.9. The second-order valence-electron chi connectivity index (χ2n) is 9.66. The number of carbonyl (C=O) groups is 1. The third-order valence-corrected chi connectivity index (χ3v) is 7.61. The smallest absolute Gasteiger partial charge is 0.227 e. The van der Waals surface area contributed by atoms with E-state index in [0.717, 1.165) is 5.56 Å². The zero-order valence-corrected chi connectivity index (χ0v) is 22.4. The average Bonchev–Trinajstić information content (AvgIpc) is 2.91. The number of aliphatic hydroxyl groups is 1. The minimum atomic E-state index is -1.07. The standard InChI is InChI=1S/C28H28Cl2FN3O4/c1-37-20-4-2-18(3-5-20)16-34-25(35)9-6-21-24(8-7-23(31)26(21)34)38-17-28(36)10-12-33(13-11-28)27-22(30)14-19(29)15-32-27/h2-5,7-8,14-15,36H,6,9-13,16-17H2,1H3. The number of piperidine rings is 1. The number of amides is 1. The number of aromatic nitrogens is 1. The quantitative estimate of drug-likeness (QED) is 0.416. The van der Waals surface area contributed by atoms with E-state index in [1.54, 1.807) is 25.4 Å². The predicted octanol–water partition coefficient (Wildman–Crippen LogP) is 5.43. The first kappa shape index (κ1) is 26.5. The number of nitrogens with zero attached hydrogens (tertiary/aromatic N) is 3. The summed E-state index contributed by atoms with van der Waals surface area (Å²) >= 11 is 12.3. The fourth-order valence-electron chi connectivity index (χ4n) is 4.96. The van der Waals surface area contributed by atoms with Gasteiger partial charge in [-0.25, -0.2) is 9.37 Å². The van der Waals surface area contributed by atoms with Crippen LogP contribution >= 0.6 is 23.2 Å². The van der Waals surface area contributed by atoms with Gasteiger partial charge in [0.05, 0.1) is 29.4 Å². The van der Waals surface area contributed by atoms with Crippen LogP contribution in [0.2, 0.25) is 10.0 Å². The number of hydrogen-bond acceptors (Lipinski definition) is 6. The lowest BCUT2D eigenvalue weighted by molar-refractivity contribution is -0.119. The van der Waals surface area contributed by atoms with Crippen LogP contribution in [0.15, 0.2) is 48.7 Å². The van der Waals surface area contributed by atoms with Gasteiger partial charge in [0.25, 0.3) is 0 Å². The van der Waals surface area contributed by atoms with E-state index in [1.165, 1.54) is 11.0 Å². The fraction of sp³-hybridized carbons (Fsp3) is 0.357. The second kappa shape index (κ2) is 11.0. The zero-order valence-electron chi connectivity index (χ0n) is 20.9. The number of pyridine rings is 1. The molecule has 1 saturated heterocycles. The van der Waals surface area contributed by atoms with E-state index in [9.17, 15) is 9.90 Å². The Kier molecular flexibility index (Phi) is 7.66. The lowest BCUT2D eigenvalue weighted by Gasteiger charge is -2.39. The molecule has 3 heterocycles. The molecule has 2 aliphatic rings. The lowest BCUT2D eigenvalue weighted by atomic mass is 9.92. The Morgan fingerprint density at radius 2 is 1.84 bits per heavy atom. The topological polar surface area (TPSA) is 75.1 Å². The minimum absolute atomic E-state index is 0.0487. The number of anilines is 2. The molecular formula is C28H28Cl2FN3O4. The number of hydrogen-bond donors (Lipinski definition) is 1. The van der Waals surface area contributed by atoms with Crippen LogP contribution in [0, 0.1) is 5.82 Å². The van der Waals surface area contributed by atoms with Gasteiger partial charge in [0.2, 0.25) is 5.91 Å². The Morgan fingerprint density at radius 1 is 1.11 bits per heavy atom. The molecule has 1 amide bonds. The summed E-state index contributed by atoms with van der Waals surface area (Å²) in [5.74, 6) is 1.19. The van der Waals surface area contributed by atoms with Crippen LogP contribution < -0.4 is 19.3 Å². The molecule has 3 aromatic rings. The molecule has 1 N–H and O–H groups in total. The van der Waals surface area contributed by atoms with Crippen molar-refractivity contribution in [2.45, 2.75) is 37.8 Å². The first-order valence-corrected chi connectivity index (χ1v) is 13.2. The normalized spacial score (nSPS) is 16.8. The van der Waals surface area contributed by atoms with Gasteiger partial charge in [-0.3, -0.25) is 4.79 Å². The van der Waals surface area contributed by atoms with Crippen LogP contribution in [0.5, 0.6) is 11.5 Å². The van der Waals surface area contributed by atoms with Crippen molar-refractivity contribution in [2.24, 2.45) is 0 Å². The van der Waals surface area contributed by atoms with Crippen molar-refractivity contribution in [3.63, 3.8) is 0 Å². The van der Waals surface area contributed by atoms with Gasteiger partial charge in [-0.05, 0) is 55.2 Å². The molecule has 0 bridgehead atoms. The van der Waals surface area contributed by atoms with E-state index in [-0.39, 0.29) is 31.2 Å². The van der Waals surface area contributed by atoms with Crippen LogP contribution in [-0.4, -0.2) is 48.4 Å². The summed E-state index contributed by atoms with van der Waals surface area (Å²) in [5.41, 5.74) is 0.661. The van der Waals surface area contributed by atoms with E-state index in [4.69, 9.17) is 32.7 Å². The van der Waals surface area contributed by atoms with E-state index in [0.29, 0.717) is 65.3 Å². The van der Waals surface area contributed by atoms with Crippen molar-refractivity contribution >= 4 is 40.6 Å². The van der Waals surface area contributed by atoms with Gasteiger partial charge in [0, 0.05) is 31.3 Å². The van der Waals surface area contributed by atoms with Crippen LogP contribution in [0.25, 0.3) is 0 Å². The van der Waals surface area contributed by atoms with Crippen LogP contribution in [0.1, 0.15) is 30.4 Å². The first-order valence-electron chi connectivity index (χ1n) is 12.4. The van der Waals surface area contributed by atoms with Gasteiger partial charge in [0.15, 0.2) is 0 Å². The monoisotopic (exact) mass is 559 g/mol. The Hall–Kier alpha value is -3.07. The summed E-state index contributed by atoms with van der Waals surface area (Å²) in [7, 11) is 1.59. The van der Waals surface area contributed by atoms with Gasteiger partial charge in [-0.1, -0.05) is 35.3 Å². The molecule has 5 rings (SSSR count). The molecule has 0 atom stereocenters. The average molecular weight is 560 g/mol. The first-order chi connectivity index (χ1) is 18.3. The lowest BCUT2D eigenvalue weighted by Crippen LogP contribution is -2.48. The van der Waals surface area contributed by atoms with Crippen molar-refractivity contribution < 1.29 is 23.8 Å². The Morgan fingerprint density at radius 3 is 2.53 bits per heavy atom. The minimum Gasteiger partial charge on any atom is -0.497 e. The highest BCUT2D eigenvalue weighted by Gasteiger charge is 2.35. The maximum Gasteiger partial charge on any atom is 0.227 e. The molecule has 10 heteroatoms. The molecule has 0 aliphatic carbocycles. The van der Waals surface area contributed by atoms with Gasteiger partial charge >= 0.3 is 0 Å². The number of ether oxygens (including phenoxy) is 2. The summed E-state index contributed by atoms with van der Waals surface area (Å²) in [4.78, 5) is 20.6. The SMILES string of the molecule is COc1ccc(CN2C(=O)CCc3c(OCC4(O)CCN(c5ncc(Cl)cc5Cl)CC4)ccc(F)c32)cc1. The summed E-state index contributed by atoms with van der Waals surface area (Å²) in [6.45, 7) is 1.37.